The summed E-state index contributed by atoms with van der Waals surface area (Å²) in [6.45, 7) is 9.71. The Balaban J connectivity index is 0.00000341. The minimum absolute atomic E-state index is 0. The maximum Gasteiger partial charge on any atom is 0.236 e. The molecule has 2 aliphatic rings. The zero-order valence-electron chi connectivity index (χ0n) is 19.0. The number of carbonyl (C=O) groups excluding carboxylic acids is 1. The minimum Gasteiger partial charge on any atom is -0.494 e. The number of amides is 1. The van der Waals surface area contributed by atoms with Crippen LogP contribution in [0.25, 0.3) is 0 Å². The Hall–Kier alpha value is -1.55. The molecular weight excluding hydrogens is 505 g/mol. The van der Waals surface area contributed by atoms with Crippen LogP contribution >= 0.6 is 24.0 Å². The molecule has 2 fully saturated rings. The number of ether oxygens (including phenoxy) is 1. The molecule has 2 aliphatic heterocycles. The predicted octanol–water partition coefficient (Wildman–Crippen LogP) is 2.45. The minimum atomic E-state index is 0. The quantitative estimate of drug-likeness (QED) is 0.310. The van der Waals surface area contributed by atoms with Crippen LogP contribution in [-0.2, 0) is 11.2 Å². The molecule has 0 bridgehead atoms. The van der Waals surface area contributed by atoms with Crippen LogP contribution in [0.3, 0.4) is 0 Å². The van der Waals surface area contributed by atoms with E-state index in [1.54, 1.807) is 0 Å². The fourth-order valence-electron chi connectivity index (χ4n) is 4.04. The molecule has 0 spiro atoms. The van der Waals surface area contributed by atoms with Gasteiger partial charge in [0.2, 0.25) is 5.91 Å². The monoisotopic (exact) mass is 543 g/mol. The molecule has 3 rings (SSSR count). The van der Waals surface area contributed by atoms with Crippen LogP contribution in [0.4, 0.5) is 0 Å². The van der Waals surface area contributed by atoms with Crippen LogP contribution in [0.1, 0.15) is 31.7 Å². The molecule has 0 unspecified atom stereocenters. The first-order valence-corrected chi connectivity index (χ1v) is 11.4. The van der Waals surface area contributed by atoms with Crippen LogP contribution in [-0.4, -0.2) is 92.6 Å². The molecule has 1 N–H and O–H groups in total. The molecule has 7 nitrogen and oxygen atoms in total. The number of hydrogen-bond donors (Lipinski definition) is 1. The number of halogens is 1. The van der Waals surface area contributed by atoms with Crippen molar-refractivity contribution in [2.24, 2.45) is 4.99 Å². The maximum atomic E-state index is 12.4. The number of aliphatic imine (C=N–C) groups is 1. The van der Waals surface area contributed by atoms with Crippen LogP contribution in [0.2, 0.25) is 0 Å². The molecule has 0 aromatic heterocycles. The lowest BCUT2D eigenvalue weighted by atomic mass is 10.1. The van der Waals surface area contributed by atoms with Gasteiger partial charge in [-0.1, -0.05) is 19.1 Å². The number of benzene rings is 1. The molecule has 174 valence electrons. The number of likely N-dealkylation sites (tertiary alicyclic amines) is 1. The van der Waals surface area contributed by atoms with Crippen molar-refractivity contribution in [3.8, 4) is 5.75 Å². The van der Waals surface area contributed by atoms with E-state index in [2.05, 4.69) is 45.2 Å². The van der Waals surface area contributed by atoms with Crippen molar-refractivity contribution in [1.29, 1.82) is 0 Å². The molecule has 0 aliphatic carbocycles. The van der Waals surface area contributed by atoms with Gasteiger partial charge in [0.15, 0.2) is 5.96 Å². The molecule has 31 heavy (non-hydrogen) atoms. The van der Waals surface area contributed by atoms with Gasteiger partial charge in [0, 0.05) is 52.9 Å². The topological polar surface area (TPSA) is 60.4 Å². The third-order valence-corrected chi connectivity index (χ3v) is 5.77. The smallest absolute Gasteiger partial charge is 0.236 e. The molecule has 0 saturated carbocycles. The Labute approximate surface area is 204 Å². The molecular formula is C23H38IN5O2. The first kappa shape index (κ1) is 25.7. The molecule has 8 heteroatoms. The molecule has 2 saturated heterocycles. The number of guanidine groups is 1. The number of rotatable bonds is 8. The maximum absolute atomic E-state index is 12.4. The fraction of sp³-hybridized carbons (Fsp3) is 0.652. The Bertz CT molecular complexity index is 701. The van der Waals surface area contributed by atoms with Crippen LogP contribution in [0, 0.1) is 0 Å². The van der Waals surface area contributed by atoms with Gasteiger partial charge in [0.05, 0.1) is 13.2 Å². The first-order valence-electron chi connectivity index (χ1n) is 11.4. The number of nitrogens with one attached hydrogen (secondary N) is 1. The second-order valence-corrected chi connectivity index (χ2v) is 8.07. The highest BCUT2D eigenvalue weighted by molar-refractivity contribution is 14.0. The first-order chi connectivity index (χ1) is 14.7. The molecule has 0 atom stereocenters. The highest BCUT2D eigenvalue weighted by atomic mass is 127. The van der Waals surface area contributed by atoms with Gasteiger partial charge >= 0.3 is 0 Å². The van der Waals surface area contributed by atoms with Gasteiger partial charge in [-0.05, 0) is 43.4 Å². The van der Waals surface area contributed by atoms with Crippen molar-refractivity contribution in [2.75, 3.05) is 66.0 Å². The fourth-order valence-corrected chi connectivity index (χ4v) is 4.04. The van der Waals surface area contributed by atoms with Gasteiger partial charge in [-0.15, -0.1) is 24.0 Å². The molecule has 1 aromatic rings. The van der Waals surface area contributed by atoms with E-state index >= 15 is 0 Å². The summed E-state index contributed by atoms with van der Waals surface area (Å²) in [5, 5.41) is 3.49. The van der Waals surface area contributed by atoms with E-state index < -0.39 is 0 Å². The van der Waals surface area contributed by atoms with E-state index in [9.17, 15) is 4.79 Å². The summed E-state index contributed by atoms with van der Waals surface area (Å²) in [7, 11) is 1.84. The molecule has 0 radical (unpaired) electrons. The number of carbonyl (C=O) groups is 1. The van der Waals surface area contributed by atoms with E-state index in [4.69, 9.17) is 4.74 Å². The van der Waals surface area contributed by atoms with Crippen molar-refractivity contribution in [3.05, 3.63) is 29.8 Å². The second-order valence-electron chi connectivity index (χ2n) is 8.07. The standard InChI is InChI=1S/C23H37N5O2.HI/c1-3-17-30-21-8-6-7-20(18-21)9-10-25-23(24-2)28-15-13-26(14-16-28)19-22(29)27-11-4-5-12-27;/h6-8,18H,3-5,9-17,19H2,1-2H3,(H,24,25);1H. The van der Waals surface area contributed by atoms with Crippen molar-refractivity contribution in [1.82, 2.24) is 20.0 Å². The summed E-state index contributed by atoms with van der Waals surface area (Å²) in [6.07, 6.45) is 4.24. The van der Waals surface area contributed by atoms with Crippen LogP contribution < -0.4 is 10.1 Å². The van der Waals surface area contributed by atoms with Gasteiger partial charge in [0.25, 0.3) is 0 Å². The number of nitrogens with zero attached hydrogens (tertiary/aromatic N) is 4. The van der Waals surface area contributed by atoms with Gasteiger partial charge in [-0.2, -0.15) is 0 Å². The lowest BCUT2D eigenvalue weighted by Crippen LogP contribution is -2.54. The number of hydrogen-bond acceptors (Lipinski definition) is 4. The zero-order chi connectivity index (χ0) is 21.2. The predicted molar refractivity (Wildman–Crippen MR) is 137 cm³/mol. The summed E-state index contributed by atoms with van der Waals surface area (Å²) in [5.74, 6) is 2.17. The van der Waals surface area contributed by atoms with E-state index in [-0.39, 0.29) is 29.9 Å². The summed E-state index contributed by atoms with van der Waals surface area (Å²) in [4.78, 5) is 23.4. The van der Waals surface area contributed by atoms with Crippen LogP contribution in [0.15, 0.2) is 29.3 Å². The lowest BCUT2D eigenvalue weighted by molar-refractivity contribution is -0.131. The molecule has 1 amide bonds. The largest absolute Gasteiger partial charge is 0.494 e. The van der Waals surface area contributed by atoms with E-state index in [0.717, 1.165) is 89.8 Å². The lowest BCUT2D eigenvalue weighted by Gasteiger charge is -2.36. The Morgan fingerprint density at radius 3 is 2.52 bits per heavy atom. The van der Waals surface area contributed by atoms with Gasteiger partial charge in [-0.25, -0.2) is 0 Å². The summed E-state index contributed by atoms with van der Waals surface area (Å²) < 4.78 is 5.73. The SMILES string of the molecule is CCCOc1cccc(CCNC(=NC)N2CCN(CC(=O)N3CCCC3)CC2)c1.I. The normalized spacial score (nSPS) is 17.4. The van der Waals surface area contributed by atoms with Crippen molar-refractivity contribution < 1.29 is 9.53 Å². The Morgan fingerprint density at radius 1 is 1.10 bits per heavy atom. The van der Waals surface area contributed by atoms with Crippen LogP contribution in [0.5, 0.6) is 5.75 Å². The van der Waals surface area contributed by atoms with Crippen molar-refractivity contribution >= 4 is 35.8 Å². The second kappa shape index (κ2) is 13.8. The Kier molecular flexibility index (Phi) is 11.4. The number of piperazine rings is 1. The third kappa shape index (κ3) is 8.14. The Morgan fingerprint density at radius 2 is 1.84 bits per heavy atom. The van der Waals surface area contributed by atoms with Crippen molar-refractivity contribution in [2.45, 2.75) is 32.6 Å². The van der Waals surface area contributed by atoms with E-state index in [0.29, 0.717) is 6.54 Å². The molecule has 1 aromatic carbocycles. The average Bonchev–Trinajstić information content (AvgIpc) is 3.32. The zero-order valence-corrected chi connectivity index (χ0v) is 21.3. The summed E-state index contributed by atoms with van der Waals surface area (Å²) in [6, 6.07) is 8.33. The van der Waals surface area contributed by atoms with Gasteiger partial charge < -0.3 is 19.9 Å². The highest BCUT2D eigenvalue weighted by Crippen LogP contribution is 2.14. The van der Waals surface area contributed by atoms with Gasteiger partial charge in [0.1, 0.15) is 5.75 Å². The summed E-state index contributed by atoms with van der Waals surface area (Å²) in [5.41, 5.74) is 1.26. The highest BCUT2D eigenvalue weighted by Gasteiger charge is 2.24. The van der Waals surface area contributed by atoms with E-state index in [1.165, 1.54) is 5.56 Å². The van der Waals surface area contributed by atoms with Gasteiger partial charge in [-0.3, -0.25) is 14.7 Å². The van der Waals surface area contributed by atoms with Crippen molar-refractivity contribution in [3.63, 3.8) is 0 Å². The average molecular weight is 543 g/mol. The molecule has 2 heterocycles. The third-order valence-electron chi connectivity index (χ3n) is 5.77. The summed E-state index contributed by atoms with van der Waals surface area (Å²) >= 11 is 0. The van der Waals surface area contributed by atoms with E-state index in [1.807, 2.05) is 18.0 Å².